The molecule has 0 radical (unpaired) electrons. The second-order valence-electron chi connectivity index (χ2n) is 6.15. The average molecular weight is 306 g/mol. The largest absolute Gasteiger partial charge is 0.463 e. The van der Waals surface area contributed by atoms with Gasteiger partial charge in [-0.2, -0.15) is 11.3 Å². The minimum absolute atomic E-state index is 0.663. The smallest absolute Gasteiger partial charge is 0.120 e. The highest BCUT2D eigenvalue weighted by atomic mass is 32.1. The highest BCUT2D eigenvalue weighted by molar-refractivity contribution is 7.07. The lowest BCUT2D eigenvalue weighted by Crippen LogP contribution is -2.19. The maximum Gasteiger partial charge on any atom is 0.120 e. The van der Waals surface area contributed by atoms with Crippen molar-refractivity contribution in [3.05, 3.63) is 45.5 Å². The molecule has 3 nitrogen and oxygen atoms in total. The number of nitrogens with zero attached hydrogens (tertiary/aromatic N) is 1. The van der Waals surface area contributed by atoms with E-state index in [0.717, 1.165) is 37.7 Å². The van der Waals surface area contributed by atoms with Gasteiger partial charge in [-0.3, -0.25) is 4.90 Å². The molecule has 0 atom stereocenters. The second-order valence-corrected chi connectivity index (χ2v) is 6.93. The lowest BCUT2D eigenvalue weighted by Gasteiger charge is -2.13. The second kappa shape index (κ2) is 7.78. The fourth-order valence-electron chi connectivity index (χ4n) is 2.33. The fraction of sp³-hybridized carbons (Fsp3) is 0.529. The number of furan rings is 1. The van der Waals surface area contributed by atoms with E-state index >= 15 is 0 Å². The summed E-state index contributed by atoms with van der Waals surface area (Å²) in [6.45, 7) is 10.2. The molecule has 0 unspecified atom stereocenters. The number of nitrogens with one attached hydrogen (secondary N) is 1. The number of hydrogen-bond donors (Lipinski definition) is 1. The summed E-state index contributed by atoms with van der Waals surface area (Å²) in [6, 6.07) is 4.34. The Kier molecular flexibility index (Phi) is 6.03. The third-order valence-corrected chi connectivity index (χ3v) is 4.10. The Labute approximate surface area is 132 Å². The van der Waals surface area contributed by atoms with Gasteiger partial charge in [-0.1, -0.05) is 13.8 Å². The van der Waals surface area contributed by atoms with Crippen LogP contribution in [0, 0.1) is 12.8 Å². The molecule has 0 amide bonds. The molecule has 0 saturated carbocycles. The first-order chi connectivity index (χ1) is 10.0. The zero-order chi connectivity index (χ0) is 15.2. The van der Waals surface area contributed by atoms with Crippen LogP contribution in [0.15, 0.2) is 27.3 Å². The first kappa shape index (κ1) is 16.3. The molecule has 2 aromatic rings. The van der Waals surface area contributed by atoms with Gasteiger partial charge in [0, 0.05) is 6.54 Å². The molecular weight excluding hydrogens is 280 g/mol. The van der Waals surface area contributed by atoms with Gasteiger partial charge in [-0.15, -0.1) is 0 Å². The number of thiophene rings is 1. The van der Waals surface area contributed by atoms with Gasteiger partial charge in [0.2, 0.25) is 0 Å². The molecule has 0 aromatic carbocycles. The van der Waals surface area contributed by atoms with Crippen molar-refractivity contribution in [2.45, 2.75) is 40.4 Å². The quantitative estimate of drug-likeness (QED) is 0.798. The van der Waals surface area contributed by atoms with Crippen molar-refractivity contribution in [1.29, 1.82) is 0 Å². The molecular formula is C17H26N2OS. The van der Waals surface area contributed by atoms with Gasteiger partial charge in [0.05, 0.1) is 13.1 Å². The van der Waals surface area contributed by atoms with Gasteiger partial charge >= 0.3 is 0 Å². The molecule has 21 heavy (non-hydrogen) atoms. The summed E-state index contributed by atoms with van der Waals surface area (Å²) in [5.74, 6) is 2.78. The first-order valence-corrected chi connectivity index (χ1v) is 8.47. The Morgan fingerprint density at radius 1 is 1.33 bits per heavy atom. The minimum atomic E-state index is 0.663. The van der Waals surface area contributed by atoms with E-state index in [-0.39, 0.29) is 0 Å². The zero-order valence-corrected chi connectivity index (χ0v) is 14.3. The fourth-order valence-corrected chi connectivity index (χ4v) is 2.99. The van der Waals surface area contributed by atoms with E-state index < -0.39 is 0 Å². The van der Waals surface area contributed by atoms with E-state index in [2.05, 4.69) is 60.9 Å². The van der Waals surface area contributed by atoms with Gasteiger partial charge in [0.15, 0.2) is 0 Å². The number of rotatable bonds is 8. The van der Waals surface area contributed by atoms with Crippen molar-refractivity contribution in [2.24, 2.45) is 5.92 Å². The Morgan fingerprint density at radius 2 is 2.14 bits per heavy atom. The van der Waals surface area contributed by atoms with Crippen molar-refractivity contribution in [3.63, 3.8) is 0 Å². The molecule has 0 aliphatic heterocycles. The molecule has 0 bridgehead atoms. The minimum Gasteiger partial charge on any atom is -0.463 e. The standard InChI is InChI=1S/C17H26N2OS/c1-13(2)8-18-9-17-14(3)7-16(20-17)11-19(4)10-15-5-6-21-12-15/h5-7,12-13,18H,8-11H2,1-4H3. The lowest BCUT2D eigenvalue weighted by atomic mass is 10.2. The predicted molar refractivity (Wildman–Crippen MR) is 89.5 cm³/mol. The van der Waals surface area contributed by atoms with Crippen molar-refractivity contribution in [3.8, 4) is 0 Å². The molecule has 0 saturated heterocycles. The molecule has 116 valence electrons. The van der Waals surface area contributed by atoms with Crippen molar-refractivity contribution < 1.29 is 4.42 Å². The predicted octanol–water partition coefficient (Wildman–Crippen LogP) is 4.03. The van der Waals surface area contributed by atoms with E-state index in [1.807, 2.05) is 0 Å². The summed E-state index contributed by atoms with van der Waals surface area (Å²) in [5.41, 5.74) is 2.61. The van der Waals surface area contributed by atoms with Crippen LogP contribution in [-0.2, 0) is 19.6 Å². The van der Waals surface area contributed by atoms with Gasteiger partial charge < -0.3 is 9.73 Å². The summed E-state index contributed by atoms with van der Waals surface area (Å²) in [7, 11) is 2.13. The summed E-state index contributed by atoms with van der Waals surface area (Å²) in [4.78, 5) is 2.28. The summed E-state index contributed by atoms with van der Waals surface area (Å²) in [6.07, 6.45) is 0. The van der Waals surface area contributed by atoms with E-state index in [1.165, 1.54) is 11.1 Å². The van der Waals surface area contributed by atoms with Crippen LogP contribution in [-0.4, -0.2) is 18.5 Å². The highest BCUT2D eigenvalue weighted by Crippen LogP contribution is 2.17. The third kappa shape index (κ3) is 5.30. The first-order valence-electron chi connectivity index (χ1n) is 7.53. The Morgan fingerprint density at radius 3 is 2.81 bits per heavy atom. The molecule has 0 fully saturated rings. The molecule has 2 aromatic heterocycles. The SMILES string of the molecule is Cc1cc(CN(C)Cc2ccsc2)oc1CNCC(C)C. The number of aryl methyl sites for hydroxylation is 1. The van der Waals surface area contributed by atoms with Crippen LogP contribution in [0.1, 0.15) is 36.5 Å². The van der Waals surface area contributed by atoms with Gasteiger partial charge in [-0.05, 0) is 60.5 Å². The molecule has 0 aliphatic carbocycles. The Hall–Kier alpha value is -1.10. The maximum absolute atomic E-state index is 5.98. The third-order valence-electron chi connectivity index (χ3n) is 3.37. The normalized spacial score (nSPS) is 11.7. The van der Waals surface area contributed by atoms with Gasteiger partial charge in [0.25, 0.3) is 0 Å². The van der Waals surface area contributed by atoms with Crippen LogP contribution in [0.3, 0.4) is 0 Å². The molecule has 4 heteroatoms. The zero-order valence-electron chi connectivity index (χ0n) is 13.5. The summed E-state index contributed by atoms with van der Waals surface area (Å²) in [5, 5.41) is 7.76. The van der Waals surface area contributed by atoms with Crippen LogP contribution < -0.4 is 5.32 Å². The van der Waals surface area contributed by atoms with Crippen LogP contribution in [0.25, 0.3) is 0 Å². The highest BCUT2D eigenvalue weighted by Gasteiger charge is 2.10. The van der Waals surface area contributed by atoms with Crippen LogP contribution in [0.5, 0.6) is 0 Å². The Balaban J connectivity index is 1.86. The van der Waals surface area contributed by atoms with Crippen LogP contribution >= 0.6 is 11.3 Å². The van der Waals surface area contributed by atoms with Crippen molar-refractivity contribution in [1.82, 2.24) is 10.2 Å². The molecule has 2 rings (SSSR count). The molecule has 0 spiro atoms. The molecule has 1 N–H and O–H groups in total. The Bertz CT molecular complexity index is 531. The topological polar surface area (TPSA) is 28.4 Å². The summed E-state index contributed by atoms with van der Waals surface area (Å²) < 4.78 is 5.98. The van der Waals surface area contributed by atoms with E-state index in [1.54, 1.807) is 11.3 Å². The van der Waals surface area contributed by atoms with Gasteiger partial charge in [0.1, 0.15) is 11.5 Å². The van der Waals surface area contributed by atoms with E-state index in [4.69, 9.17) is 4.42 Å². The van der Waals surface area contributed by atoms with Crippen LogP contribution in [0.2, 0.25) is 0 Å². The van der Waals surface area contributed by atoms with E-state index in [0.29, 0.717) is 5.92 Å². The molecule has 2 heterocycles. The summed E-state index contributed by atoms with van der Waals surface area (Å²) >= 11 is 1.75. The molecule has 0 aliphatic rings. The maximum atomic E-state index is 5.98. The van der Waals surface area contributed by atoms with Gasteiger partial charge in [-0.25, -0.2) is 0 Å². The lowest BCUT2D eigenvalue weighted by molar-refractivity contribution is 0.282. The number of hydrogen-bond acceptors (Lipinski definition) is 4. The average Bonchev–Trinajstić information content (AvgIpc) is 3.00. The monoisotopic (exact) mass is 306 g/mol. The van der Waals surface area contributed by atoms with Crippen LogP contribution in [0.4, 0.5) is 0 Å². The van der Waals surface area contributed by atoms with Crippen molar-refractivity contribution >= 4 is 11.3 Å². The van der Waals surface area contributed by atoms with E-state index in [9.17, 15) is 0 Å². The van der Waals surface area contributed by atoms with Crippen molar-refractivity contribution in [2.75, 3.05) is 13.6 Å².